The minimum Gasteiger partial charge on any atom is -0.446 e. The first kappa shape index (κ1) is 17.2. The number of carbonyl (C=O) groups is 1. The smallest absolute Gasteiger partial charge is 0.273 e. The van der Waals surface area contributed by atoms with Crippen LogP contribution in [0.2, 0.25) is 0 Å². The summed E-state index contributed by atoms with van der Waals surface area (Å²) >= 11 is 0. The molecule has 2 aromatic carbocycles. The number of rotatable bonds is 6. The summed E-state index contributed by atoms with van der Waals surface area (Å²) < 4.78 is 5.40. The predicted octanol–water partition coefficient (Wildman–Crippen LogP) is 3.80. The third-order valence-electron chi connectivity index (χ3n) is 4.62. The number of nitrogens with one attached hydrogen (secondary N) is 1. The minimum atomic E-state index is -0.301. The lowest BCUT2D eigenvalue weighted by Crippen LogP contribution is -2.24. The number of nitrogens with zero attached hydrogens (tertiary/aromatic N) is 1. The van der Waals surface area contributed by atoms with Gasteiger partial charge in [-0.1, -0.05) is 62.7 Å². The molecule has 0 bridgehead atoms. The van der Waals surface area contributed by atoms with Gasteiger partial charge in [-0.25, -0.2) is 4.98 Å². The second kappa shape index (κ2) is 7.49. The molecule has 2 atom stereocenters. The molecule has 5 nitrogen and oxygen atoms in total. The Bertz CT molecular complexity index is 867. The van der Waals surface area contributed by atoms with Crippen molar-refractivity contribution in [2.45, 2.75) is 32.9 Å². The van der Waals surface area contributed by atoms with E-state index >= 15 is 0 Å². The predicted molar refractivity (Wildman–Crippen MR) is 98.0 cm³/mol. The third-order valence-corrected chi connectivity index (χ3v) is 4.62. The lowest BCUT2D eigenvalue weighted by Gasteiger charge is -2.13. The molecular weight excluding hydrogens is 314 g/mol. The van der Waals surface area contributed by atoms with Crippen LogP contribution in [0, 0.1) is 5.92 Å². The third kappa shape index (κ3) is 3.72. The summed E-state index contributed by atoms with van der Waals surface area (Å²) in [6.45, 7) is 4.53. The molecule has 0 spiro atoms. The van der Waals surface area contributed by atoms with E-state index < -0.39 is 0 Å². The molecule has 25 heavy (non-hydrogen) atoms. The number of fused-ring (bicyclic) bond motifs is 1. The van der Waals surface area contributed by atoms with E-state index in [1.165, 1.54) is 6.26 Å². The Morgan fingerprint density at radius 1 is 1.24 bits per heavy atom. The van der Waals surface area contributed by atoms with E-state index in [0.29, 0.717) is 12.4 Å². The first-order valence-electron chi connectivity index (χ1n) is 8.56. The zero-order valence-electron chi connectivity index (χ0n) is 14.5. The average Bonchev–Trinajstić information content (AvgIpc) is 3.15. The van der Waals surface area contributed by atoms with Crippen molar-refractivity contribution >= 4 is 16.7 Å². The second-order valence-electron chi connectivity index (χ2n) is 6.30. The fourth-order valence-corrected chi connectivity index (χ4v) is 2.76. The van der Waals surface area contributed by atoms with Crippen molar-refractivity contribution < 1.29 is 9.21 Å². The summed E-state index contributed by atoms with van der Waals surface area (Å²) in [6, 6.07) is 13.9. The van der Waals surface area contributed by atoms with E-state index in [1.807, 2.05) is 31.2 Å². The Kier molecular flexibility index (Phi) is 5.14. The molecule has 0 radical (unpaired) electrons. The normalized spacial score (nSPS) is 13.6. The lowest BCUT2D eigenvalue weighted by molar-refractivity contribution is 0.0946. The van der Waals surface area contributed by atoms with Crippen molar-refractivity contribution in [1.29, 1.82) is 0 Å². The second-order valence-corrected chi connectivity index (χ2v) is 6.30. The van der Waals surface area contributed by atoms with E-state index in [9.17, 15) is 4.79 Å². The van der Waals surface area contributed by atoms with E-state index in [1.54, 1.807) is 0 Å². The van der Waals surface area contributed by atoms with Crippen LogP contribution < -0.4 is 11.1 Å². The fourth-order valence-electron chi connectivity index (χ4n) is 2.76. The maximum Gasteiger partial charge on any atom is 0.273 e. The molecule has 2 unspecified atom stereocenters. The van der Waals surface area contributed by atoms with Crippen LogP contribution in [0.5, 0.6) is 0 Å². The van der Waals surface area contributed by atoms with Gasteiger partial charge in [0.05, 0.1) is 6.04 Å². The van der Waals surface area contributed by atoms with Crippen molar-refractivity contribution in [1.82, 2.24) is 10.3 Å². The number of amides is 1. The molecular formula is C20H23N3O2. The van der Waals surface area contributed by atoms with Gasteiger partial charge in [-0.05, 0) is 22.3 Å². The zero-order chi connectivity index (χ0) is 17.8. The van der Waals surface area contributed by atoms with Crippen LogP contribution in [-0.2, 0) is 6.54 Å². The zero-order valence-corrected chi connectivity index (χ0v) is 14.5. The number of aromatic nitrogens is 1. The van der Waals surface area contributed by atoms with Gasteiger partial charge in [0, 0.05) is 6.54 Å². The lowest BCUT2D eigenvalue weighted by atomic mass is 10.0. The first-order valence-corrected chi connectivity index (χ1v) is 8.56. The molecule has 130 valence electrons. The molecule has 1 amide bonds. The van der Waals surface area contributed by atoms with Crippen LogP contribution in [0.1, 0.15) is 48.3 Å². The number of nitrogens with two attached hydrogens (primary N) is 1. The summed E-state index contributed by atoms with van der Waals surface area (Å²) in [5.74, 6) is 0.384. The molecule has 0 saturated carbocycles. The molecule has 3 aromatic rings. The van der Waals surface area contributed by atoms with Crippen LogP contribution in [-0.4, -0.2) is 10.9 Å². The van der Waals surface area contributed by atoms with Crippen molar-refractivity contribution in [3.63, 3.8) is 0 Å². The molecule has 0 fully saturated rings. The maximum absolute atomic E-state index is 12.4. The molecule has 5 heteroatoms. The maximum atomic E-state index is 12.4. The van der Waals surface area contributed by atoms with Crippen molar-refractivity contribution in [2.75, 3.05) is 0 Å². The number of hydrogen-bond donors (Lipinski definition) is 2. The topological polar surface area (TPSA) is 81.1 Å². The van der Waals surface area contributed by atoms with Gasteiger partial charge in [0.2, 0.25) is 5.89 Å². The van der Waals surface area contributed by atoms with Crippen molar-refractivity contribution in [3.05, 3.63) is 65.9 Å². The first-order chi connectivity index (χ1) is 12.1. The number of oxazole rings is 1. The molecule has 0 aliphatic heterocycles. The fraction of sp³-hybridized carbons (Fsp3) is 0.300. The molecule has 3 rings (SSSR count). The monoisotopic (exact) mass is 337 g/mol. The van der Waals surface area contributed by atoms with Gasteiger partial charge in [0.15, 0.2) is 5.69 Å². The van der Waals surface area contributed by atoms with Crippen molar-refractivity contribution in [2.24, 2.45) is 11.7 Å². The van der Waals surface area contributed by atoms with Gasteiger partial charge in [-0.15, -0.1) is 0 Å². The van der Waals surface area contributed by atoms with E-state index in [-0.39, 0.29) is 23.6 Å². The minimum absolute atomic E-state index is 0.241. The number of hydrogen-bond acceptors (Lipinski definition) is 4. The van der Waals surface area contributed by atoms with Gasteiger partial charge in [-0.3, -0.25) is 4.79 Å². The molecule has 1 aromatic heterocycles. The van der Waals surface area contributed by atoms with Crippen LogP contribution in [0.25, 0.3) is 10.8 Å². The average molecular weight is 337 g/mol. The highest BCUT2D eigenvalue weighted by Gasteiger charge is 2.20. The summed E-state index contributed by atoms with van der Waals surface area (Å²) in [6.07, 6.45) is 2.29. The Labute approximate surface area is 147 Å². The van der Waals surface area contributed by atoms with Crippen LogP contribution in [0.15, 0.2) is 53.1 Å². The molecule has 0 aliphatic carbocycles. The van der Waals surface area contributed by atoms with Gasteiger partial charge < -0.3 is 15.5 Å². The van der Waals surface area contributed by atoms with Gasteiger partial charge in [-0.2, -0.15) is 0 Å². The standard InChI is InChI=1S/C20H23N3O2/c1-3-13(2)18(21)20-23-17(12-25-20)19(24)22-11-15-9-6-8-14-7-4-5-10-16(14)15/h4-10,12-13,18H,3,11,21H2,1-2H3,(H,22,24). The molecule has 3 N–H and O–H groups in total. The van der Waals surface area contributed by atoms with Gasteiger partial charge in [0.25, 0.3) is 5.91 Å². The van der Waals surface area contributed by atoms with Crippen molar-refractivity contribution in [3.8, 4) is 0 Å². The Balaban J connectivity index is 1.70. The van der Waals surface area contributed by atoms with Crippen LogP contribution in [0.3, 0.4) is 0 Å². The highest BCUT2D eigenvalue weighted by atomic mass is 16.3. The largest absolute Gasteiger partial charge is 0.446 e. The van der Waals surface area contributed by atoms with Gasteiger partial charge >= 0.3 is 0 Å². The summed E-state index contributed by atoms with van der Waals surface area (Å²) in [5, 5.41) is 5.18. The quantitative estimate of drug-likeness (QED) is 0.717. The number of benzene rings is 2. The number of carbonyl (C=O) groups excluding carboxylic acids is 1. The van der Waals surface area contributed by atoms with E-state index in [0.717, 1.165) is 22.8 Å². The van der Waals surface area contributed by atoms with E-state index in [4.69, 9.17) is 10.2 Å². The Morgan fingerprint density at radius 3 is 2.80 bits per heavy atom. The highest BCUT2D eigenvalue weighted by molar-refractivity contribution is 5.92. The van der Waals surface area contributed by atoms with Crippen LogP contribution >= 0.6 is 0 Å². The van der Waals surface area contributed by atoms with Crippen LogP contribution in [0.4, 0.5) is 0 Å². The Hall–Kier alpha value is -2.66. The summed E-state index contributed by atoms with van der Waals surface area (Å²) in [7, 11) is 0. The molecule has 0 saturated heterocycles. The van der Waals surface area contributed by atoms with E-state index in [2.05, 4.69) is 35.4 Å². The molecule has 1 heterocycles. The SMILES string of the molecule is CCC(C)C(N)c1nc(C(=O)NCc2cccc3ccccc23)co1. The summed E-state index contributed by atoms with van der Waals surface area (Å²) in [5.41, 5.74) is 7.42. The van der Waals surface area contributed by atoms with Gasteiger partial charge in [0.1, 0.15) is 6.26 Å². The summed E-state index contributed by atoms with van der Waals surface area (Å²) in [4.78, 5) is 16.6. The molecule has 0 aliphatic rings. The Morgan fingerprint density at radius 2 is 2.00 bits per heavy atom. The highest BCUT2D eigenvalue weighted by Crippen LogP contribution is 2.21.